The second-order valence-corrected chi connectivity index (χ2v) is 6.60. The minimum absolute atomic E-state index is 0.0303. The van der Waals surface area contributed by atoms with Gasteiger partial charge in [-0.25, -0.2) is 0 Å². The van der Waals surface area contributed by atoms with E-state index in [-0.39, 0.29) is 5.91 Å². The van der Waals surface area contributed by atoms with Gasteiger partial charge < -0.3 is 5.32 Å². The van der Waals surface area contributed by atoms with Gasteiger partial charge in [0.05, 0.1) is 0 Å². The number of nitrogens with one attached hydrogen (secondary N) is 1. The van der Waals surface area contributed by atoms with Gasteiger partial charge in [0.2, 0.25) is 5.91 Å². The van der Waals surface area contributed by atoms with E-state index < -0.39 is 0 Å². The number of unbranched alkanes of at least 4 members (excludes halogenated alkanes) is 2. The van der Waals surface area contributed by atoms with Gasteiger partial charge >= 0.3 is 0 Å². The molecule has 0 atom stereocenters. The third kappa shape index (κ3) is 10.8. The lowest BCUT2D eigenvalue weighted by molar-refractivity contribution is -0.116. The summed E-state index contributed by atoms with van der Waals surface area (Å²) in [5.74, 6) is 0.446. The highest BCUT2D eigenvalue weighted by Gasteiger charge is 1.95. The van der Waals surface area contributed by atoms with E-state index in [9.17, 15) is 4.79 Å². The van der Waals surface area contributed by atoms with Crippen molar-refractivity contribution in [2.75, 3.05) is 6.54 Å². The van der Waals surface area contributed by atoms with Gasteiger partial charge in [-0.1, -0.05) is 68.0 Å². The molecule has 1 aromatic rings. The Morgan fingerprint density at radius 1 is 1.17 bits per heavy atom. The largest absolute Gasteiger partial charge is 0.352 e. The fourth-order valence-electron chi connectivity index (χ4n) is 2.04. The number of allylic oxidation sites excluding steroid dienone is 5. The third-order valence-electron chi connectivity index (χ3n) is 3.33. The maximum atomic E-state index is 11.4. The molecule has 0 aromatic heterocycles. The second-order valence-electron chi connectivity index (χ2n) is 6.16. The molecule has 1 N–H and O–H groups in total. The van der Waals surface area contributed by atoms with Crippen molar-refractivity contribution in [3.63, 3.8) is 0 Å². The molecule has 0 fully saturated rings. The van der Waals surface area contributed by atoms with E-state index in [2.05, 4.69) is 43.5 Å². The highest BCUT2D eigenvalue weighted by molar-refractivity contribution is 6.30. The van der Waals surface area contributed by atoms with Crippen LogP contribution in [0, 0.1) is 5.92 Å². The fourth-order valence-corrected chi connectivity index (χ4v) is 2.25. The number of halogens is 1. The summed E-state index contributed by atoms with van der Waals surface area (Å²) in [4.78, 5) is 11.4. The molecule has 24 heavy (non-hydrogen) atoms. The molecule has 1 amide bonds. The van der Waals surface area contributed by atoms with Gasteiger partial charge in [0.1, 0.15) is 0 Å². The molecular weight excluding hydrogens is 318 g/mol. The topological polar surface area (TPSA) is 29.1 Å². The summed E-state index contributed by atoms with van der Waals surface area (Å²) in [7, 11) is 0. The van der Waals surface area contributed by atoms with Crippen molar-refractivity contribution < 1.29 is 4.79 Å². The predicted octanol–water partition coefficient (Wildman–Crippen LogP) is 5.49. The molecule has 0 saturated carbocycles. The average Bonchev–Trinajstić information content (AvgIpc) is 2.54. The highest BCUT2D eigenvalue weighted by Crippen LogP contribution is 2.11. The molecular formula is C21H28ClNO. The zero-order valence-electron chi connectivity index (χ0n) is 14.7. The first-order valence-electron chi connectivity index (χ1n) is 8.58. The Kier molecular flexibility index (Phi) is 10.6. The number of hydrogen-bond donors (Lipinski definition) is 1. The standard InChI is InChI=1S/C21H28ClNO/c1-18(2)17-23-21(24)15-10-8-6-4-3-5-7-9-12-19-13-11-14-20(22)16-19/h6-11,13-16,18H,3-5,12,17H2,1-2H3,(H,23,24)/b8-6+,9-7+,15-10+. The number of rotatable bonds is 10. The van der Waals surface area contributed by atoms with Crippen LogP contribution in [0.2, 0.25) is 5.02 Å². The summed E-state index contributed by atoms with van der Waals surface area (Å²) in [6.45, 7) is 4.87. The molecule has 0 aliphatic rings. The van der Waals surface area contributed by atoms with Gasteiger partial charge in [-0.15, -0.1) is 0 Å². The predicted molar refractivity (Wildman–Crippen MR) is 104 cm³/mol. The maximum Gasteiger partial charge on any atom is 0.243 e. The normalized spacial score (nSPS) is 12.0. The molecule has 130 valence electrons. The molecule has 1 aromatic carbocycles. The number of amides is 1. The summed E-state index contributed by atoms with van der Waals surface area (Å²) in [6, 6.07) is 7.96. The van der Waals surface area contributed by atoms with Crippen LogP contribution in [0.3, 0.4) is 0 Å². The Morgan fingerprint density at radius 2 is 1.96 bits per heavy atom. The average molecular weight is 346 g/mol. The smallest absolute Gasteiger partial charge is 0.243 e. The van der Waals surface area contributed by atoms with Crippen molar-refractivity contribution in [1.29, 1.82) is 0 Å². The van der Waals surface area contributed by atoms with Gasteiger partial charge in [0.15, 0.2) is 0 Å². The molecule has 2 nitrogen and oxygen atoms in total. The van der Waals surface area contributed by atoms with Gasteiger partial charge in [0.25, 0.3) is 0 Å². The van der Waals surface area contributed by atoms with Crippen LogP contribution in [0.25, 0.3) is 0 Å². The molecule has 0 heterocycles. The minimum atomic E-state index is -0.0303. The van der Waals surface area contributed by atoms with Crippen LogP contribution in [-0.4, -0.2) is 12.5 Å². The third-order valence-corrected chi connectivity index (χ3v) is 3.57. The van der Waals surface area contributed by atoms with Crippen molar-refractivity contribution in [2.45, 2.75) is 39.5 Å². The molecule has 0 bridgehead atoms. The van der Waals surface area contributed by atoms with Crippen molar-refractivity contribution in [3.8, 4) is 0 Å². The van der Waals surface area contributed by atoms with Crippen LogP contribution in [0.4, 0.5) is 0 Å². The highest BCUT2D eigenvalue weighted by atomic mass is 35.5. The van der Waals surface area contributed by atoms with Gasteiger partial charge in [-0.05, 0) is 49.3 Å². The SMILES string of the molecule is CC(C)CNC(=O)/C=C/C=C/CCC/C=C/Cc1cccc(Cl)c1. The minimum Gasteiger partial charge on any atom is -0.352 e. The van der Waals surface area contributed by atoms with Crippen molar-refractivity contribution in [2.24, 2.45) is 5.92 Å². The van der Waals surface area contributed by atoms with Crippen LogP contribution in [0.15, 0.2) is 60.7 Å². The molecule has 0 aliphatic carbocycles. The van der Waals surface area contributed by atoms with E-state index in [0.717, 1.165) is 30.7 Å². The quantitative estimate of drug-likeness (QED) is 0.258. The van der Waals surface area contributed by atoms with Gasteiger partial charge in [-0.2, -0.15) is 0 Å². The van der Waals surface area contributed by atoms with E-state index in [1.165, 1.54) is 5.56 Å². The monoisotopic (exact) mass is 345 g/mol. The lowest BCUT2D eigenvalue weighted by atomic mass is 10.1. The van der Waals surface area contributed by atoms with Gasteiger partial charge in [-0.3, -0.25) is 4.79 Å². The lowest BCUT2D eigenvalue weighted by Crippen LogP contribution is -2.25. The first kappa shape index (κ1) is 20.2. The molecule has 0 unspecified atom stereocenters. The Balaban J connectivity index is 2.08. The Morgan fingerprint density at radius 3 is 2.71 bits per heavy atom. The Hall–Kier alpha value is -1.80. The number of hydrogen-bond acceptors (Lipinski definition) is 1. The molecule has 3 heteroatoms. The first-order valence-corrected chi connectivity index (χ1v) is 8.96. The molecule has 0 radical (unpaired) electrons. The number of carbonyl (C=O) groups excluding carboxylic acids is 1. The maximum absolute atomic E-state index is 11.4. The van der Waals surface area contributed by atoms with E-state index in [4.69, 9.17) is 11.6 Å². The first-order chi connectivity index (χ1) is 11.6. The van der Waals surface area contributed by atoms with Crippen molar-refractivity contribution >= 4 is 17.5 Å². The lowest BCUT2D eigenvalue weighted by Gasteiger charge is -2.03. The van der Waals surface area contributed by atoms with Crippen molar-refractivity contribution in [1.82, 2.24) is 5.32 Å². The summed E-state index contributed by atoms with van der Waals surface area (Å²) in [5, 5.41) is 3.64. The van der Waals surface area contributed by atoms with Crippen molar-refractivity contribution in [3.05, 3.63) is 71.3 Å². The zero-order valence-corrected chi connectivity index (χ0v) is 15.4. The molecule has 0 saturated heterocycles. The van der Waals surface area contributed by atoms with Crippen LogP contribution >= 0.6 is 11.6 Å². The van der Waals surface area contributed by atoms with Crippen LogP contribution < -0.4 is 5.32 Å². The van der Waals surface area contributed by atoms with E-state index >= 15 is 0 Å². The second kappa shape index (κ2) is 12.6. The van der Waals surface area contributed by atoms with E-state index in [0.29, 0.717) is 12.5 Å². The Labute approximate surface area is 151 Å². The van der Waals surface area contributed by atoms with E-state index in [1.807, 2.05) is 24.3 Å². The molecule has 0 spiro atoms. The van der Waals surface area contributed by atoms with E-state index in [1.54, 1.807) is 12.2 Å². The van der Waals surface area contributed by atoms with Crippen LogP contribution in [0.5, 0.6) is 0 Å². The summed E-state index contributed by atoms with van der Waals surface area (Å²) >= 11 is 5.96. The van der Waals surface area contributed by atoms with Gasteiger partial charge in [0, 0.05) is 17.6 Å². The zero-order chi connectivity index (χ0) is 17.6. The van der Waals surface area contributed by atoms with Crippen LogP contribution in [-0.2, 0) is 11.2 Å². The summed E-state index contributed by atoms with van der Waals surface area (Å²) in [5.41, 5.74) is 1.24. The number of benzene rings is 1. The number of carbonyl (C=O) groups is 1. The van der Waals surface area contributed by atoms with Crippen LogP contribution in [0.1, 0.15) is 38.7 Å². The Bertz CT molecular complexity index is 573. The molecule has 1 rings (SSSR count). The summed E-state index contributed by atoms with van der Waals surface area (Å²) in [6.07, 6.45) is 15.9. The fraction of sp³-hybridized carbons (Fsp3) is 0.381. The molecule has 0 aliphatic heterocycles. The summed E-state index contributed by atoms with van der Waals surface area (Å²) < 4.78 is 0.